The summed E-state index contributed by atoms with van der Waals surface area (Å²) >= 11 is 0. The third kappa shape index (κ3) is 2.42. The number of hydrazine groups is 1. The molecule has 0 radical (unpaired) electrons. The third-order valence-corrected chi connectivity index (χ3v) is 3.85. The fraction of sp³-hybridized carbons (Fsp3) is 0.750. The zero-order valence-corrected chi connectivity index (χ0v) is 11.4. The Morgan fingerprint density at radius 2 is 2.11 bits per heavy atom. The molecule has 1 saturated heterocycles. The van der Waals surface area contributed by atoms with Gasteiger partial charge in [0.2, 0.25) is 0 Å². The standard InChI is InChI=1S/C12H23N5O/c1-12(2,17-6-8-18-9-7-17)11(15-13)10-4-5-14-16(10)3/h4-5,11,15H,6-9,13H2,1-3H3. The largest absolute Gasteiger partial charge is 0.379 e. The molecule has 1 aliphatic rings. The predicted molar refractivity (Wildman–Crippen MR) is 69.7 cm³/mol. The highest BCUT2D eigenvalue weighted by Gasteiger charge is 2.37. The highest BCUT2D eigenvalue weighted by Crippen LogP contribution is 2.30. The first kappa shape index (κ1) is 13.5. The molecule has 0 amide bonds. The fourth-order valence-corrected chi connectivity index (χ4v) is 2.64. The summed E-state index contributed by atoms with van der Waals surface area (Å²) in [5.74, 6) is 5.78. The van der Waals surface area contributed by atoms with Gasteiger partial charge >= 0.3 is 0 Å². The van der Waals surface area contributed by atoms with Gasteiger partial charge in [-0.3, -0.25) is 15.4 Å². The summed E-state index contributed by atoms with van der Waals surface area (Å²) in [7, 11) is 1.94. The summed E-state index contributed by atoms with van der Waals surface area (Å²) in [4.78, 5) is 2.41. The molecule has 102 valence electrons. The van der Waals surface area contributed by atoms with Crippen molar-refractivity contribution in [3.8, 4) is 0 Å². The first-order chi connectivity index (χ1) is 8.57. The minimum Gasteiger partial charge on any atom is -0.379 e. The van der Waals surface area contributed by atoms with Crippen LogP contribution in [0.1, 0.15) is 25.6 Å². The van der Waals surface area contributed by atoms with Crippen molar-refractivity contribution in [2.24, 2.45) is 12.9 Å². The van der Waals surface area contributed by atoms with Crippen LogP contribution in [-0.2, 0) is 11.8 Å². The van der Waals surface area contributed by atoms with Crippen molar-refractivity contribution in [1.82, 2.24) is 20.1 Å². The van der Waals surface area contributed by atoms with E-state index in [4.69, 9.17) is 10.6 Å². The summed E-state index contributed by atoms with van der Waals surface area (Å²) in [6.45, 7) is 7.84. The molecule has 18 heavy (non-hydrogen) atoms. The summed E-state index contributed by atoms with van der Waals surface area (Å²) in [6, 6.07) is 2.04. The lowest BCUT2D eigenvalue weighted by Gasteiger charge is -2.45. The van der Waals surface area contributed by atoms with Crippen molar-refractivity contribution < 1.29 is 4.74 Å². The fourth-order valence-electron chi connectivity index (χ4n) is 2.64. The minimum atomic E-state index is -0.0909. The van der Waals surface area contributed by atoms with Gasteiger partial charge in [-0.2, -0.15) is 5.10 Å². The maximum absolute atomic E-state index is 5.78. The molecular weight excluding hydrogens is 230 g/mol. The van der Waals surface area contributed by atoms with Crippen molar-refractivity contribution >= 4 is 0 Å². The summed E-state index contributed by atoms with van der Waals surface area (Å²) < 4.78 is 7.28. The number of nitrogens with zero attached hydrogens (tertiary/aromatic N) is 3. The molecule has 1 aromatic rings. The first-order valence-corrected chi connectivity index (χ1v) is 6.34. The van der Waals surface area contributed by atoms with E-state index < -0.39 is 0 Å². The SMILES string of the molecule is Cn1nccc1C(NN)C(C)(C)N1CCOCC1. The average molecular weight is 253 g/mol. The van der Waals surface area contributed by atoms with Crippen LogP contribution in [0.3, 0.4) is 0 Å². The van der Waals surface area contributed by atoms with Crippen LogP contribution in [0.2, 0.25) is 0 Å². The minimum absolute atomic E-state index is 0.0306. The summed E-state index contributed by atoms with van der Waals surface area (Å²) in [5.41, 5.74) is 3.94. The summed E-state index contributed by atoms with van der Waals surface area (Å²) in [5, 5.41) is 4.22. The molecule has 0 spiro atoms. The smallest absolute Gasteiger partial charge is 0.0806 e. The first-order valence-electron chi connectivity index (χ1n) is 6.34. The van der Waals surface area contributed by atoms with Gasteiger partial charge in [0.1, 0.15) is 0 Å². The third-order valence-electron chi connectivity index (χ3n) is 3.85. The Labute approximate surface area is 108 Å². The number of hydrogen-bond donors (Lipinski definition) is 2. The zero-order chi connectivity index (χ0) is 13.2. The van der Waals surface area contributed by atoms with E-state index >= 15 is 0 Å². The number of ether oxygens (including phenoxy) is 1. The average Bonchev–Trinajstić information content (AvgIpc) is 2.78. The van der Waals surface area contributed by atoms with Gasteiger partial charge in [0.15, 0.2) is 0 Å². The maximum Gasteiger partial charge on any atom is 0.0806 e. The van der Waals surface area contributed by atoms with Crippen molar-refractivity contribution in [3.63, 3.8) is 0 Å². The molecule has 1 aliphatic heterocycles. The Balaban J connectivity index is 2.22. The molecule has 1 fully saturated rings. The normalized spacial score (nSPS) is 20.0. The van der Waals surface area contributed by atoms with Gasteiger partial charge in [0, 0.05) is 31.9 Å². The van der Waals surface area contributed by atoms with E-state index in [9.17, 15) is 0 Å². The maximum atomic E-state index is 5.78. The van der Waals surface area contributed by atoms with E-state index in [0.717, 1.165) is 32.0 Å². The topological polar surface area (TPSA) is 68.3 Å². The molecule has 1 unspecified atom stereocenters. The molecule has 3 N–H and O–H groups in total. The van der Waals surface area contributed by atoms with Crippen LogP contribution in [0.25, 0.3) is 0 Å². The van der Waals surface area contributed by atoms with Gasteiger partial charge < -0.3 is 4.74 Å². The van der Waals surface area contributed by atoms with Crippen LogP contribution >= 0.6 is 0 Å². The van der Waals surface area contributed by atoms with Crippen molar-refractivity contribution in [2.45, 2.75) is 25.4 Å². The second-order valence-corrected chi connectivity index (χ2v) is 5.23. The van der Waals surface area contributed by atoms with Crippen LogP contribution < -0.4 is 11.3 Å². The molecule has 6 nitrogen and oxygen atoms in total. The zero-order valence-electron chi connectivity index (χ0n) is 11.4. The molecule has 1 atom stereocenters. The lowest BCUT2D eigenvalue weighted by molar-refractivity contribution is -0.0248. The molecule has 1 aromatic heterocycles. The van der Waals surface area contributed by atoms with Crippen LogP contribution in [0, 0.1) is 0 Å². The van der Waals surface area contributed by atoms with E-state index in [0.29, 0.717) is 0 Å². The van der Waals surface area contributed by atoms with Crippen LogP contribution in [-0.4, -0.2) is 46.5 Å². The van der Waals surface area contributed by atoms with Crippen LogP contribution in [0.15, 0.2) is 12.3 Å². The van der Waals surface area contributed by atoms with Gasteiger partial charge in [0.25, 0.3) is 0 Å². The number of morpholine rings is 1. The second-order valence-electron chi connectivity index (χ2n) is 5.23. The Bertz CT molecular complexity index is 384. The van der Waals surface area contributed by atoms with E-state index in [1.165, 1.54) is 0 Å². The van der Waals surface area contributed by atoms with E-state index in [-0.39, 0.29) is 11.6 Å². The number of nitrogens with one attached hydrogen (secondary N) is 1. The quantitative estimate of drug-likeness (QED) is 0.585. The van der Waals surface area contributed by atoms with Gasteiger partial charge in [-0.15, -0.1) is 0 Å². The van der Waals surface area contributed by atoms with Crippen molar-refractivity contribution in [3.05, 3.63) is 18.0 Å². The van der Waals surface area contributed by atoms with Crippen molar-refractivity contribution in [2.75, 3.05) is 26.3 Å². The van der Waals surface area contributed by atoms with Crippen LogP contribution in [0.4, 0.5) is 0 Å². The number of aromatic nitrogens is 2. The molecule has 0 aromatic carbocycles. The van der Waals surface area contributed by atoms with Gasteiger partial charge in [0.05, 0.1) is 24.9 Å². The lowest BCUT2D eigenvalue weighted by Crippen LogP contribution is -2.57. The number of rotatable bonds is 4. The van der Waals surface area contributed by atoms with Gasteiger partial charge in [-0.25, -0.2) is 5.43 Å². The Kier molecular flexibility index (Phi) is 4.01. The molecule has 2 rings (SSSR count). The Hall–Kier alpha value is -0.950. The van der Waals surface area contributed by atoms with E-state index in [1.807, 2.05) is 17.8 Å². The molecule has 0 saturated carbocycles. The van der Waals surface area contributed by atoms with E-state index in [1.54, 1.807) is 6.20 Å². The highest BCUT2D eigenvalue weighted by atomic mass is 16.5. The number of aryl methyl sites for hydroxylation is 1. The molecule has 6 heteroatoms. The molecule has 0 aliphatic carbocycles. The Morgan fingerprint density at radius 1 is 1.44 bits per heavy atom. The molecule has 2 heterocycles. The number of nitrogens with two attached hydrogens (primary N) is 1. The second kappa shape index (κ2) is 5.36. The van der Waals surface area contributed by atoms with Gasteiger partial charge in [-0.1, -0.05) is 0 Å². The van der Waals surface area contributed by atoms with Crippen LogP contribution in [0.5, 0.6) is 0 Å². The molecular formula is C12H23N5O. The van der Waals surface area contributed by atoms with Gasteiger partial charge in [-0.05, 0) is 19.9 Å². The Morgan fingerprint density at radius 3 is 2.61 bits per heavy atom. The lowest BCUT2D eigenvalue weighted by atomic mass is 9.89. The van der Waals surface area contributed by atoms with Crippen molar-refractivity contribution in [1.29, 1.82) is 0 Å². The number of hydrogen-bond acceptors (Lipinski definition) is 5. The van der Waals surface area contributed by atoms with E-state index in [2.05, 4.69) is 29.3 Å². The summed E-state index contributed by atoms with van der Waals surface area (Å²) in [6.07, 6.45) is 1.80. The predicted octanol–water partition coefficient (Wildman–Crippen LogP) is 0.0353. The molecule has 0 bridgehead atoms. The monoisotopic (exact) mass is 253 g/mol. The highest BCUT2D eigenvalue weighted by molar-refractivity contribution is 5.13.